The lowest BCUT2D eigenvalue weighted by Gasteiger charge is -1.76. The lowest BCUT2D eigenvalue weighted by atomic mass is 10.6. The molecular formula is C5H5BrN2OS. The molecular weight excluding hydrogens is 216 g/mol. The SMILES string of the molecule is Cc1nc(/C=N/O)sc1Br. The summed E-state index contributed by atoms with van der Waals surface area (Å²) in [5.41, 5.74) is 0.917. The molecule has 0 atom stereocenters. The van der Waals surface area contributed by atoms with Gasteiger partial charge in [-0.3, -0.25) is 0 Å². The van der Waals surface area contributed by atoms with E-state index in [1.165, 1.54) is 17.6 Å². The summed E-state index contributed by atoms with van der Waals surface area (Å²) in [6, 6.07) is 0. The fraction of sp³-hybridized carbons (Fsp3) is 0.200. The van der Waals surface area contributed by atoms with E-state index in [1.807, 2.05) is 6.92 Å². The molecule has 0 radical (unpaired) electrons. The summed E-state index contributed by atoms with van der Waals surface area (Å²) in [6.45, 7) is 1.88. The fourth-order valence-corrected chi connectivity index (χ4v) is 1.75. The van der Waals surface area contributed by atoms with E-state index in [1.54, 1.807) is 0 Å². The minimum Gasteiger partial charge on any atom is -0.411 e. The van der Waals surface area contributed by atoms with Crippen molar-refractivity contribution in [2.75, 3.05) is 0 Å². The molecule has 0 aliphatic rings. The van der Waals surface area contributed by atoms with Crippen molar-refractivity contribution in [1.29, 1.82) is 0 Å². The predicted octanol–water partition coefficient (Wildman–Crippen LogP) is 2.02. The molecule has 1 N–H and O–H groups in total. The smallest absolute Gasteiger partial charge is 0.139 e. The number of aryl methyl sites for hydroxylation is 1. The Bertz CT molecular complexity index is 239. The minimum atomic E-state index is 0.701. The molecule has 5 heteroatoms. The Kier molecular flexibility index (Phi) is 2.39. The zero-order valence-corrected chi connectivity index (χ0v) is 7.61. The standard InChI is InChI=1S/C5H5BrN2OS/c1-3-5(6)10-4(8-3)2-7-9/h2,9H,1H3/b7-2+. The Morgan fingerprint density at radius 1 is 1.80 bits per heavy atom. The van der Waals surface area contributed by atoms with Gasteiger partial charge in [-0.15, -0.1) is 11.3 Å². The van der Waals surface area contributed by atoms with Crippen LogP contribution < -0.4 is 0 Å². The van der Waals surface area contributed by atoms with Gasteiger partial charge < -0.3 is 5.21 Å². The molecule has 0 aliphatic heterocycles. The number of oxime groups is 1. The molecule has 0 aromatic carbocycles. The summed E-state index contributed by atoms with van der Waals surface area (Å²) in [4.78, 5) is 4.06. The first kappa shape index (κ1) is 7.68. The van der Waals surface area contributed by atoms with Gasteiger partial charge in [-0.2, -0.15) is 0 Å². The van der Waals surface area contributed by atoms with Crippen molar-refractivity contribution in [2.45, 2.75) is 6.92 Å². The van der Waals surface area contributed by atoms with Gasteiger partial charge in [0.25, 0.3) is 0 Å². The van der Waals surface area contributed by atoms with E-state index in [0.717, 1.165) is 9.48 Å². The molecule has 1 rings (SSSR count). The van der Waals surface area contributed by atoms with Crippen LogP contribution in [0.3, 0.4) is 0 Å². The zero-order valence-electron chi connectivity index (χ0n) is 5.21. The van der Waals surface area contributed by atoms with Gasteiger partial charge in [0.05, 0.1) is 9.48 Å². The number of nitrogens with zero attached hydrogens (tertiary/aromatic N) is 2. The van der Waals surface area contributed by atoms with Gasteiger partial charge >= 0.3 is 0 Å². The van der Waals surface area contributed by atoms with Gasteiger partial charge in [-0.1, -0.05) is 5.16 Å². The maximum absolute atomic E-state index is 8.14. The van der Waals surface area contributed by atoms with Crippen LogP contribution in [0.5, 0.6) is 0 Å². The highest BCUT2D eigenvalue weighted by Crippen LogP contribution is 2.22. The number of thiazole rings is 1. The Morgan fingerprint density at radius 3 is 2.90 bits per heavy atom. The molecule has 10 heavy (non-hydrogen) atoms. The summed E-state index contributed by atoms with van der Waals surface area (Å²) in [5, 5.41) is 11.7. The summed E-state index contributed by atoms with van der Waals surface area (Å²) in [6.07, 6.45) is 1.31. The van der Waals surface area contributed by atoms with Crippen molar-refractivity contribution in [3.8, 4) is 0 Å². The maximum Gasteiger partial charge on any atom is 0.139 e. The molecule has 0 amide bonds. The first-order chi connectivity index (χ1) is 4.74. The summed E-state index contributed by atoms with van der Waals surface area (Å²) in [5.74, 6) is 0. The van der Waals surface area contributed by atoms with E-state index in [9.17, 15) is 0 Å². The monoisotopic (exact) mass is 220 g/mol. The van der Waals surface area contributed by atoms with Gasteiger partial charge in [0.1, 0.15) is 11.2 Å². The van der Waals surface area contributed by atoms with Gasteiger partial charge in [-0.05, 0) is 22.9 Å². The molecule has 0 aliphatic carbocycles. The highest BCUT2D eigenvalue weighted by atomic mass is 79.9. The molecule has 3 nitrogen and oxygen atoms in total. The van der Waals surface area contributed by atoms with E-state index in [-0.39, 0.29) is 0 Å². The average Bonchev–Trinajstić information content (AvgIpc) is 2.14. The van der Waals surface area contributed by atoms with Crippen molar-refractivity contribution >= 4 is 33.5 Å². The molecule has 0 saturated heterocycles. The van der Waals surface area contributed by atoms with Crippen molar-refractivity contribution in [3.63, 3.8) is 0 Å². The highest BCUT2D eigenvalue weighted by molar-refractivity contribution is 9.11. The second-order valence-corrected chi connectivity index (χ2v) is 4.00. The predicted molar refractivity (Wildman–Crippen MR) is 43.9 cm³/mol. The van der Waals surface area contributed by atoms with E-state index < -0.39 is 0 Å². The number of aromatic nitrogens is 1. The molecule has 54 valence electrons. The number of halogens is 1. The van der Waals surface area contributed by atoms with Crippen LogP contribution in [0.1, 0.15) is 10.7 Å². The lowest BCUT2D eigenvalue weighted by Crippen LogP contribution is -1.77. The Hall–Kier alpha value is -0.420. The minimum absolute atomic E-state index is 0.701. The van der Waals surface area contributed by atoms with Crippen LogP contribution in [-0.4, -0.2) is 16.4 Å². The van der Waals surface area contributed by atoms with Crippen LogP contribution >= 0.6 is 27.3 Å². The van der Waals surface area contributed by atoms with Crippen molar-refractivity contribution in [2.24, 2.45) is 5.16 Å². The van der Waals surface area contributed by atoms with E-state index in [0.29, 0.717) is 5.01 Å². The molecule has 0 unspecified atom stereocenters. The summed E-state index contributed by atoms with van der Waals surface area (Å²) < 4.78 is 0.974. The zero-order chi connectivity index (χ0) is 7.56. The Balaban J connectivity index is 2.98. The van der Waals surface area contributed by atoms with Crippen LogP contribution in [0, 0.1) is 6.92 Å². The highest BCUT2D eigenvalue weighted by Gasteiger charge is 2.00. The third-order valence-electron chi connectivity index (χ3n) is 0.925. The molecule has 0 saturated carbocycles. The molecule has 0 bridgehead atoms. The molecule has 1 aromatic heterocycles. The fourth-order valence-electron chi connectivity index (χ4n) is 0.502. The number of hydrogen-bond donors (Lipinski definition) is 1. The second kappa shape index (κ2) is 3.12. The number of hydrogen-bond acceptors (Lipinski definition) is 4. The van der Waals surface area contributed by atoms with Gasteiger partial charge in [0.15, 0.2) is 0 Å². The van der Waals surface area contributed by atoms with Crippen LogP contribution in [0.15, 0.2) is 8.94 Å². The van der Waals surface area contributed by atoms with Gasteiger partial charge in [0, 0.05) is 0 Å². The third kappa shape index (κ3) is 1.54. The number of rotatable bonds is 1. The first-order valence-corrected chi connectivity index (χ1v) is 4.15. The van der Waals surface area contributed by atoms with Crippen molar-refractivity contribution in [3.05, 3.63) is 14.5 Å². The van der Waals surface area contributed by atoms with Crippen LogP contribution in [0.4, 0.5) is 0 Å². The first-order valence-electron chi connectivity index (χ1n) is 2.54. The van der Waals surface area contributed by atoms with Gasteiger partial charge in [-0.25, -0.2) is 4.98 Å². The molecule has 1 aromatic rings. The van der Waals surface area contributed by atoms with E-state index in [4.69, 9.17) is 5.21 Å². The van der Waals surface area contributed by atoms with Crippen LogP contribution in [-0.2, 0) is 0 Å². The summed E-state index contributed by atoms with van der Waals surface area (Å²) >= 11 is 4.73. The van der Waals surface area contributed by atoms with Crippen LogP contribution in [0.2, 0.25) is 0 Å². The molecule has 1 heterocycles. The quantitative estimate of drug-likeness (QED) is 0.448. The largest absolute Gasteiger partial charge is 0.411 e. The lowest BCUT2D eigenvalue weighted by molar-refractivity contribution is 0.322. The Morgan fingerprint density at radius 2 is 2.50 bits per heavy atom. The topological polar surface area (TPSA) is 45.5 Å². The molecule has 0 spiro atoms. The molecule has 0 fully saturated rings. The van der Waals surface area contributed by atoms with E-state index in [2.05, 4.69) is 26.1 Å². The van der Waals surface area contributed by atoms with Gasteiger partial charge in [0.2, 0.25) is 0 Å². The van der Waals surface area contributed by atoms with Crippen molar-refractivity contribution < 1.29 is 5.21 Å². The normalized spacial score (nSPS) is 11.0. The maximum atomic E-state index is 8.14. The second-order valence-electron chi connectivity index (χ2n) is 1.66. The summed E-state index contributed by atoms with van der Waals surface area (Å²) in [7, 11) is 0. The van der Waals surface area contributed by atoms with Crippen LogP contribution in [0.25, 0.3) is 0 Å². The third-order valence-corrected chi connectivity index (χ3v) is 2.86. The Labute approximate surface area is 70.5 Å². The average molecular weight is 221 g/mol. The van der Waals surface area contributed by atoms with E-state index >= 15 is 0 Å². The van der Waals surface area contributed by atoms with Crippen molar-refractivity contribution in [1.82, 2.24) is 4.98 Å².